The van der Waals surface area contributed by atoms with E-state index in [1.54, 1.807) is 17.1 Å². The highest BCUT2D eigenvalue weighted by Crippen LogP contribution is 2.34. The molecule has 0 bridgehead atoms. The summed E-state index contributed by atoms with van der Waals surface area (Å²) < 4.78 is 21.7. The van der Waals surface area contributed by atoms with Gasteiger partial charge in [0.1, 0.15) is 17.6 Å². The number of carbonyl (C=O) groups is 3. The van der Waals surface area contributed by atoms with Gasteiger partial charge in [0.05, 0.1) is 30.5 Å². The number of aromatic nitrogens is 2. The third-order valence-electron chi connectivity index (χ3n) is 5.42. The first-order valence-electron chi connectivity index (χ1n) is 10.0. The highest BCUT2D eigenvalue weighted by Gasteiger charge is 2.40. The number of piperidine rings is 1. The Morgan fingerprint density at radius 1 is 1.29 bits per heavy atom. The first-order chi connectivity index (χ1) is 15.0. The second kappa shape index (κ2) is 8.60. The normalized spacial score (nSPS) is 18.0. The zero-order valence-electron chi connectivity index (χ0n) is 16.8. The van der Waals surface area contributed by atoms with Crippen molar-refractivity contribution in [2.24, 2.45) is 0 Å². The summed E-state index contributed by atoms with van der Waals surface area (Å²) in [7, 11) is 0. The topological polar surface area (TPSA) is 93.5 Å². The van der Waals surface area contributed by atoms with Gasteiger partial charge in [0.15, 0.2) is 0 Å². The summed E-state index contributed by atoms with van der Waals surface area (Å²) in [6, 6.07) is 1.67. The fourth-order valence-corrected chi connectivity index (χ4v) is 3.84. The van der Waals surface area contributed by atoms with Crippen molar-refractivity contribution in [1.29, 1.82) is 0 Å². The zero-order valence-corrected chi connectivity index (χ0v) is 16.8. The molecule has 3 heterocycles. The smallest absolute Gasteiger partial charge is 0.255 e. The molecule has 9 heteroatoms. The Kier molecular flexibility index (Phi) is 5.71. The highest BCUT2D eigenvalue weighted by molar-refractivity contribution is 6.05. The number of benzene rings is 1. The minimum atomic E-state index is -0.754. The number of hydrogen-bond donors (Lipinski definition) is 1. The Morgan fingerprint density at radius 2 is 2.13 bits per heavy atom. The summed E-state index contributed by atoms with van der Waals surface area (Å²) in [6.07, 6.45) is 10.6. The van der Waals surface area contributed by atoms with Crippen LogP contribution in [0.15, 0.2) is 24.5 Å². The number of aryl methyl sites for hydroxylation is 1. The van der Waals surface area contributed by atoms with Gasteiger partial charge in [0.25, 0.3) is 5.91 Å². The standard InChI is InChI=1S/C22H21FN4O4/c1-2-14-11-24-26(12-14)7-3-4-8-31-19-10-15(23)9-16-17(19)13-27(22(16)30)18-5-6-20(28)25-21(18)29/h1,9-12,18H,3-8,13H2,(H,25,28,29). The van der Waals surface area contributed by atoms with Gasteiger partial charge in [0, 0.05) is 30.8 Å². The fourth-order valence-electron chi connectivity index (χ4n) is 3.84. The maximum absolute atomic E-state index is 14.1. The minimum absolute atomic E-state index is 0.137. The lowest BCUT2D eigenvalue weighted by molar-refractivity contribution is -0.136. The minimum Gasteiger partial charge on any atom is -0.493 e. The lowest BCUT2D eigenvalue weighted by atomic mass is 10.0. The van der Waals surface area contributed by atoms with Crippen LogP contribution in [0, 0.1) is 18.2 Å². The summed E-state index contributed by atoms with van der Waals surface area (Å²) in [5, 5.41) is 6.41. The number of fused-ring (bicyclic) bond motifs is 1. The average Bonchev–Trinajstić information content (AvgIpc) is 3.33. The Bertz CT molecular complexity index is 1090. The quantitative estimate of drug-likeness (QED) is 0.414. The van der Waals surface area contributed by atoms with Gasteiger partial charge < -0.3 is 9.64 Å². The van der Waals surface area contributed by atoms with Crippen molar-refractivity contribution < 1.29 is 23.5 Å². The van der Waals surface area contributed by atoms with Gasteiger partial charge >= 0.3 is 0 Å². The molecular weight excluding hydrogens is 403 g/mol. The number of hydrogen-bond acceptors (Lipinski definition) is 5. The van der Waals surface area contributed by atoms with E-state index in [4.69, 9.17) is 11.2 Å². The number of ether oxygens (including phenoxy) is 1. The molecule has 1 atom stereocenters. The van der Waals surface area contributed by atoms with Crippen LogP contribution in [0.25, 0.3) is 0 Å². The van der Waals surface area contributed by atoms with Crippen molar-refractivity contribution in [3.8, 4) is 18.1 Å². The predicted octanol–water partition coefficient (Wildman–Crippen LogP) is 1.62. The number of unbranched alkanes of at least 4 members (excludes halogenated alkanes) is 1. The first kappa shape index (κ1) is 20.6. The third kappa shape index (κ3) is 4.28. The van der Waals surface area contributed by atoms with Crippen molar-refractivity contribution in [2.45, 2.75) is 44.8 Å². The molecule has 31 heavy (non-hydrogen) atoms. The van der Waals surface area contributed by atoms with Crippen LogP contribution in [-0.2, 0) is 22.7 Å². The number of nitrogens with one attached hydrogen (secondary N) is 1. The molecule has 0 aliphatic carbocycles. The summed E-state index contributed by atoms with van der Waals surface area (Å²) in [6.45, 7) is 1.15. The second-order valence-electron chi connectivity index (χ2n) is 7.52. The molecule has 1 saturated heterocycles. The molecule has 4 rings (SSSR count). The van der Waals surface area contributed by atoms with Gasteiger partial charge in [-0.2, -0.15) is 5.10 Å². The molecule has 0 saturated carbocycles. The average molecular weight is 424 g/mol. The Morgan fingerprint density at radius 3 is 2.87 bits per heavy atom. The van der Waals surface area contributed by atoms with Crippen LogP contribution in [0.5, 0.6) is 5.75 Å². The van der Waals surface area contributed by atoms with Crippen LogP contribution in [-0.4, -0.2) is 45.1 Å². The zero-order chi connectivity index (χ0) is 22.0. The summed E-state index contributed by atoms with van der Waals surface area (Å²) in [5.41, 5.74) is 1.47. The van der Waals surface area contributed by atoms with Crippen molar-refractivity contribution in [2.75, 3.05) is 6.61 Å². The molecule has 0 radical (unpaired) electrons. The number of terminal acetylenes is 1. The van der Waals surface area contributed by atoms with Crippen LogP contribution >= 0.6 is 0 Å². The van der Waals surface area contributed by atoms with Gasteiger partial charge in [-0.15, -0.1) is 6.42 Å². The van der Waals surface area contributed by atoms with Crippen molar-refractivity contribution in [1.82, 2.24) is 20.0 Å². The summed E-state index contributed by atoms with van der Waals surface area (Å²) in [5.74, 6) is 0.942. The molecule has 1 fully saturated rings. The Balaban J connectivity index is 1.38. The van der Waals surface area contributed by atoms with E-state index in [1.807, 2.05) is 0 Å². The van der Waals surface area contributed by atoms with E-state index in [0.29, 0.717) is 30.9 Å². The molecule has 3 amide bonds. The summed E-state index contributed by atoms with van der Waals surface area (Å²) >= 11 is 0. The number of nitrogens with zero attached hydrogens (tertiary/aromatic N) is 3. The van der Waals surface area contributed by atoms with Crippen molar-refractivity contribution in [3.05, 3.63) is 47.0 Å². The molecule has 1 unspecified atom stereocenters. The highest BCUT2D eigenvalue weighted by atomic mass is 19.1. The molecular formula is C22H21FN4O4. The van der Waals surface area contributed by atoms with Crippen LogP contribution in [0.2, 0.25) is 0 Å². The van der Waals surface area contributed by atoms with E-state index < -0.39 is 23.7 Å². The van der Waals surface area contributed by atoms with E-state index in [1.165, 1.54) is 11.0 Å². The van der Waals surface area contributed by atoms with Crippen LogP contribution in [0.3, 0.4) is 0 Å². The summed E-state index contributed by atoms with van der Waals surface area (Å²) in [4.78, 5) is 37.7. The molecule has 2 aliphatic heterocycles. The van der Waals surface area contributed by atoms with E-state index in [9.17, 15) is 18.8 Å². The molecule has 1 aromatic heterocycles. The van der Waals surface area contributed by atoms with E-state index in [0.717, 1.165) is 18.1 Å². The first-order valence-corrected chi connectivity index (χ1v) is 10.0. The van der Waals surface area contributed by atoms with Gasteiger partial charge in [0.2, 0.25) is 11.8 Å². The van der Waals surface area contributed by atoms with Crippen LogP contribution in [0.1, 0.15) is 47.2 Å². The molecule has 1 N–H and O–H groups in total. The van der Waals surface area contributed by atoms with E-state index in [2.05, 4.69) is 16.3 Å². The molecule has 2 aromatic rings. The van der Waals surface area contributed by atoms with Gasteiger partial charge in [-0.3, -0.25) is 24.4 Å². The second-order valence-corrected chi connectivity index (χ2v) is 7.52. The Hall–Kier alpha value is -3.67. The number of amides is 3. The number of carbonyl (C=O) groups excluding carboxylic acids is 3. The largest absolute Gasteiger partial charge is 0.493 e. The fraction of sp³-hybridized carbons (Fsp3) is 0.364. The number of halogens is 1. The molecule has 160 valence electrons. The lowest BCUT2D eigenvalue weighted by Gasteiger charge is -2.29. The number of rotatable bonds is 7. The van der Waals surface area contributed by atoms with Gasteiger partial charge in [-0.05, 0) is 25.3 Å². The monoisotopic (exact) mass is 424 g/mol. The van der Waals surface area contributed by atoms with Crippen molar-refractivity contribution >= 4 is 17.7 Å². The maximum atomic E-state index is 14.1. The van der Waals surface area contributed by atoms with Crippen molar-refractivity contribution in [3.63, 3.8) is 0 Å². The molecule has 1 aromatic carbocycles. The molecule has 2 aliphatic rings. The SMILES string of the molecule is C#Cc1cnn(CCCCOc2cc(F)cc3c2CN(C2CCC(=O)NC2=O)C3=O)c1. The van der Waals surface area contributed by atoms with Crippen LogP contribution < -0.4 is 10.1 Å². The third-order valence-corrected chi connectivity index (χ3v) is 5.42. The van der Waals surface area contributed by atoms with E-state index >= 15 is 0 Å². The van der Waals surface area contributed by atoms with Gasteiger partial charge in [-0.1, -0.05) is 5.92 Å². The van der Waals surface area contributed by atoms with Crippen LogP contribution in [0.4, 0.5) is 4.39 Å². The molecule has 8 nitrogen and oxygen atoms in total. The van der Waals surface area contributed by atoms with E-state index in [-0.39, 0.29) is 30.9 Å². The number of imide groups is 1. The predicted molar refractivity (Wildman–Crippen MR) is 107 cm³/mol. The lowest BCUT2D eigenvalue weighted by Crippen LogP contribution is -2.52. The Labute approximate surface area is 178 Å². The van der Waals surface area contributed by atoms with Gasteiger partial charge in [-0.25, -0.2) is 4.39 Å². The molecule has 0 spiro atoms. The maximum Gasteiger partial charge on any atom is 0.255 e.